The van der Waals surface area contributed by atoms with E-state index < -0.39 is 13.0 Å². The van der Waals surface area contributed by atoms with Crippen LogP contribution in [0.5, 0.6) is 0 Å². The van der Waals surface area contributed by atoms with Crippen LogP contribution in [0, 0.1) is 0 Å². The van der Waals surface area contributed by atoms with Crippen molar-refractivity contribution in [3.05, 3.63) is 5.53 Å². The van der Waals surface area contributed by atoms with E-state index in [0.717, 1.165) is 14.2 Å². The molecule has 0 aliphatic carbocycles. The second kappa shape index (κ2) is 4.16. The first-order valence-electron chi connectivity index (χ1n) is 2.54. The fourth-order valence-electron chi connectivity index (χ4n) is 0.404. The monoisotopic (exact) mass is 178 g/mol. The Labute approximate surface area is 63.3 Å². The van der Waals surface area contributed by atoms with Crippen LogP contribution >= 0.6 is 7.60 Å². The predicted molar refractivity (Wildman–Crippen MR) is 36.3 cm³/mol. The van der Waals surface area contributed by atoms with E-state index in [2.05, 4.69) is 13.8 Å². The van der Waals surface area contributed by atoms with Gasteiger partial charge in [0.25, 0.3) is 0 Å². The summed E-state index contributed by atoms with van der Waals surface area (Å²) in [5.41, 5.74) is 7.50. The van der Waals surface area contributed by atoms with Gasteiger partial charge in [-0.05, 0) is 0 Å². The van der Waals surface area contributed by atoms with Gasteiger partial charge >= 0.3 is 13.0 Å². The van der Waals surface area contributed by atoms with E-state index in [4.69, 9.17) is 5.53 Å². The molecule has 0 aromatic carbocycles. The molecule has 0 saturated heterocycles. The van der Waals surface area contributed by atoms with Crippen LogP contribution < -0.4 is 0 Å². The van der Waals surface area contributed by atoms with Crippen molar-refractivity contribution in [3.8, 4) is 0 Å². The Morgan fingerprint density at radius 3 is 2.09 bits per heavy atom. The summed E-state index contributed by atoms with van der Waals surface area (Å²) in [5.74, 6) is 0. The van der Waals surface area contributed by atoms with Gasteiger partial charge in [-0.25, -0.2) is 4.57 Å². The molecule has 6 nitrogen and oxygen atoms in total. The Hall–Kier alpha value is -0.800. The lowest BCUT2D eigenvalue weighted by Crippen LogP contribution is -2.05. The number of aldehydes is 1. The summed E-state index contributed by atoms with van der Waals surface area (Å²) in [5, 5.41) is 0. The highest BCUT2D eigenvalue weighted by Gasteiger charge is 2.37. The van der Waals surface area contributed by atoms with Gasteiger partial charge in [0.05, 0.1) is 0 Å². The van der Waals surface area contributed by atoms with Gasteiger partial charge in [-0.3, -0.25) is 4.79 Å². The van der Waals surface area contributed by atoms with E-state index in [-0.39, 0.29) is 6.29 Å². The molecule has 0 atom stereocenters. The van der Waals surface area contributed by atoms with Crippen LogP contribution in [0.15, 0.2) is 0 Å². The molecule has 0 aromatic rings. The molecule has 0 fully saturated rings. The minimum Gasteiger partial charge on any atom is -0.360 e. The van der Waals surface area contributed by atoms with Crippen molar-refractivity contribution in [2.75, 3.05) is 14.2 Å². The molecular formula is C4H7N2O4P. The summed E-state index contributed by atoms with van der Waals surface area (Å²) in [6.45, 7) is 0. The van der Waals surface area contributed by atoms with E-state index in [1.54, 1.807) is 0 Å². The average Bonchev–Trinajstić information content (AvgIpc) is 2.06. The fraction of sp³-hybridized carbons (Fsp3) is 0.500. The first kappa shape index (κ1) is 10.2. The maximum Gasteiger partial charge on any atom is 0.445 e. The van der Waals surface area contributed by atoms with Gasteiger partial charge in [0.1, 0.15) is 0 Å². The van der Waals surface area contributed by atoms with Crippen LogP contribution in [0.25, 0.3) is 5.53 Å². The van der Waals surface area contributed by atoms with Gasteiger partial charge in [-0.15, -0.1) is 0 Å². The summed E-state index contributed by atoms with van der Waals surface area (Å²) in [4.78, 5) is 12.5. The Balaban J connectivity index is 4.92. The Bertz CT molecular complexity index is 236. The van der Waals surface area contributed by atoms with E-state index >= 15 is 0 Å². The zero-order valence-electron chi connectivity index (χ0n) is 6.05. The SMILES string of the molecule is COP(=O)(OC)C(C=O)=[N+]=[N-]. The minimum atomic E-state index is -3.66. The lowest BCUT2D eigenvalue weighted by molar-refractivity contribution is -0.106. The number of nitrogens with zero attached hydrogens (tertiary/aromatic N) is 2. The molecule has 0 aromatic heterocycles. The molecule has 0 radical (unpaired) electrons. The molecule has 0 heterocycles. The molecule has 0 aliphatic rings. The van der Waals surface area contributed by atoms with Crippen LogP contribution in [0.1, 0.15) is 0 Å². The molecule has 0 saturated carbocycles. The number of hydrogen-bond donors (Lipinski definition) is 0. The van der Waals surface area contributed by atoms with Gasteiger partial charge in [0, 0.05) is 14.2 Å². The molecule has 0 amide bonds. The third-order valence-corrected chi connectivity index (χ3v) is 2.69. The predicted octanol–water partition coefficient (Wildman–Crippen LogP) is 0.299. The summed E-state index contributed by atoms with van der Waals surface area (Å²) in [6, 6.07) is 0. The van der Waals surface area contributed by atoms with Crippen molar-refractivity contribution in [1.82, 2.24) is 0 Å². The normalized spacial score (nSPS) is 10.4. The molecule has 0 unspecified atom stereocenters. The van der Waals surface area contributed by atoms with Crippen molar-refractivity contribution >= 4 is 19.3 Å². The van der Waals surface area contributed by atoms with Crippen molar-refractivity contribution in [2.24, 2.45) is 0 Å². The lowest BCUT2D eigenvalue weighted by atomic mass is 10.9. The number of carbonyl (C=O) groups excluding carboxylic acids is 1. The minimum absolute atomic E-state index is 0.105. The zero-order chi connectivity index (χ0) is 8.91. The van der Waals surface area contributed by atoms with E-state index in [9.17, 15) is 9.36 Å². The Morgan fingerprint density at radius 1 is 1.55 bits per heavy atom. The van der Waals surface area contributed by atoms with Gasteiger partial charge in [-0.2, -0.15) is 4.79 Å². The van der Waals surface area contributed by atoms with Gasteiger partial charge < -0.3 is 14.6 Å². The Kier molecular flexibility index (Phi) is 3.85. The molecule has 0 N–H and O–H groups in total. The standard InChI is InChI=1S/C4H7N2O4P/c1-9-11(8,10-2)4(3-7)6-5/h3H,1-2H3. The van der Waals surface area contributed by atoms with Crippen molar-refractivity contribution in [3.63, 3.8) is 0 Å². The highest BCUT2D eigenvalue weighted by molar-refractivity contribution is 7.74. The second-order valence-corrected chi connectivity index (χ2v) is 3.62. The third kappa shape index (κ3) is 2.06. The fourth-order valence-corrected chi connectivity index (χ4v) is 1.17. The van der Waals surface area contributed by atoms with Gasteiger partial charge in [0.15, 0.2) is 0 Å². The van der Waals surface area contributed by atoms with Gasteiger partial charge in [-0.1, -0.05) is 0 Å². The maximum absolute atomic E-state index is 11.1. The van der Waals surface area contributed by atoms with Crippen LogP contribution in [0.4, 0.5) is 0 Å². The quantitative estimate of drug-likeness (QED) is 0.203. The zero-order valence-corrected chi connectivity index (χ0v) is 6.95. The highest BCUT2D eigenvalue weighted by Crippen LogP contribution is 2.46. The van der Waals surface area contributed by atoms with Crippen LogP contribution in [0.3, 0.4) is 0 Å². The smallest absolute Gasteiger partial charge is 0.360 e. The largest absolute Gasteiger partial charge is 0.445 e. The van der Waals surface area contributed by atoms with Crippen LogP contribution in [0.2, 0.25) is 0 Å². The molecule has 0 aliphatic heterocycles. The first-order valence-corrected chi connectivity index (χ1v) is 4.08. The summed E-state index contributed by atoms with van der Waals surface area (Å²) in [6.07, 6.45) is 0.105. The van der Waals surface area contributed by atoms with Crippen LogP contribution in [-0.2, 0) is 18.4 Å². The number of carbonyl (C=O) groups is 1. The first-order chi connectivity index (χ1) is 5.14. The second-order valence-electron chi connectivity index (χ2n) is 1.44. The molecule has 7 heteroatoms. The molecule has 11 heavy (non-hydrogen) atoms. The Morgan fingerprint density at radius 2 is 2.00 bits per heavy atom. The third-order valence-electron chi connectivity index (χ3n) is 0.969. The molecule has 0 spiro atoms. The highest BCUT2D eigenvalue weighted by atomic mass is 31.2. The topological polar surface area (TPSA) is 89.0 Å². The van der Waals surface area contributed by atoms with E-state index in [1.807, 2.05) is 0 Å². The molecule has 0 bridgehead atoms. The van der Waals surface area contributed by atoms with Crippen molar-refractivity contribution in [1.29, 1.82) is 0 Å². The summed E-state index contributed by atoms with van der Waals surface area (Å²) < 4.78 is 19.8. The van der Waals surface area contributed by atoms with E-state index in [0.29, 0.717) is 0 Å². The summed E-state index contributed by atoms with van der Waals surface area (Å²) in [7, 11) is -1.49. The molecular weight excluding hydrogens is 171 g/mol. The van der Waals surface area contributed by atoms with Crippen molar-refractivity contribution in [2.45, 2.75) is 0 Å². The average molecular weight is 178 g/mol. The molecule has 0 rings (SSSR count). The lowest BCUT2D eigenvalue weighted by Gasteiger charge is -2.03. The van der Waals surface area contributed by atoms with Crippen LogP contribution in [-0.4, -0.2) is 30.7 Å². The van der Waals surface area contributed by atoms with Crippen molar-refractivity contribution < 1.29 is 23.2 Å². The maximum atomic E-state index is 11.1. The summed E-state index contributed by atoms with van der Waals surface area (Å²) >= 11 is 0. The number of rotatable bonds is 4. The van der Waals surface area contributed by atoms with E-state index in [1.165, 1.54) is 0 Å². The number of hydrogen-bond acceptors (Lipinski definition) is 4. The van der Waals surface area contributed by atoms with Gasteiger partial charge in [0.2, 0.25) is 6.29 Å². The molecule has 62 valence electrons.